The topological polar surface area (TPSA) is 171 Å². The number of hydrogen-bond donors (Lipinski definition) is 5. The van der Waals surface area contributed by atoms with Crippen LogP contribution in [0.1, 0.15) is 52.7 Å². The van der Waals surface area contributed by atoms with Crippen LogP contribution in [0, 0.1) is 10.8 Å². The van der Waals surface area contributed by atoms with Crippen LogP contribution in [0.5, 0.6) is 0 Å². The lowest BCUT2D eigenvalue weighted by Crippen LogP contribution is -2.60. The van der Waals surface area contributed by atoms with Crippen LogP contribution in [0.2, 0.25) is 0 Å². The molecule has 0 saturated carbocycles. The maximum absolute atomic E-state index is 13.8. The summed E-state index contributed by atoms with van der Waals surface area (Å²) in [6.07, 6.45) is -0.691. The second-order valence-corrected chi connectivity index (χ2v) is 15.0. The Morgan fingerprint density at radius 3 is 1.86 bits per heavy atom. The van der Waals surface area contributed by atoms with Crippen molar-refractivity contribution < 1.29 is 33.8 Å². The Morgan fingerprint density at radius 2 is 1.36 bits per heavy atom. The maximum Gasteiger partial charge on any atom is 0.407 e. The van der Waals surface area contributed by atoms with E-state index >= 15 is 0 Å². The third kappa shape index (κ3) is 12.1. The molecule has 0 unspecified atom stereocenters. The van der Waals surface area contributed by atoms with E-state index in [1.807, 2.05) is 75.4 Å². The normalized spacial score (nSPS) is 14.1. The van der Waals surface area contributed by atoms with Gasteiger partial charge in [0, 0.05) is 19.3 Å². The van der Waals surface area contributed by atoms with Crippen molar-refractivity contribution in [2.45, 2.75) is 78.7 Å². The number of carbonyl (C=O) groups excluding carboxylic acids is 4. The average Bonchev–Trinajstić information content (AvgIpc) is 3.60. The number of rotatable bonds is 14. The highest BCUT2D eigenvalue weighted by Gasteiger charge is 2.37. The van der Waals surface area contributed by atoms with Gasteiger partial charge in [-0.25, -0.2) is 14.6 Å². The van der Waals surface area contributed by atoms with Gasteiger partial charge in [-0.05, 0) is 33.9 Å². The Bertz CT molecular complexity index is 1540. The summed E-state index contributed by atoms with van der Waals surface area (Å²) in [5, 5.41) is 21.6. The summed E-state index contributed by atoms with van der Waals surface area (Å²) in [7, 11) is 2.44. The van der Waals surface area contributed by atoms with Gasteiger partial charge in [-0.15, -0.1) is 11.3 Å². The summed E-state index contributed by atoms with van der Waals surface area (Å²) in [4.78, 5) is 57.0. The molecule has 5 N–H and O–H groups in total. The molecule has 4 atom stereocenters. The van der Waals surface area contributed by atoms with Crippen molar-refractivity contribution in [1.29, 1.82) is 0 Å². The van der Waals surface area contributed by atoms with Crippen LogP contribution in [0.3, 0.4) is 0 Å². The number of benzene rings is 2. The average molecular weight is 711 g/mol. The van der Waals surface area contributed by atoms with Crippen LogP contribution in [-0.2, 0) is 32.0 Å². The van der Waals surface area contributed by atoms with Gasteiger partial charge in [0.05, 0.1) is 36.8 Å². The van der Waals surface area contributed by atoms with Gasteiger partial charge in [0.15, 0.2) is 0 Å². The zero-order valence-corrected chi connectivity index (χ0v) is 30.8. The molecule has 3 rings (SSSR count). The predicted octanol–water partition coefficient (Wildman–Crippen LogP) is 4.27. The van der Waals surface area contributed by atoms with Crippen molar-refractivity contribution in [2.75, 3.05) is 20.8 Å². The van der Waals surface area contributed by atoms with E-state index in [1.54, 1.807) is 37.5 Å². The van der Waals surface area contributed by atoms with Crippen LogP contribution < -0.4 is 21.4 Å². The van der Waals surface area contributed by atoms with Crippen molar-refractivity contribution in [3.8, 4) is 10.4 Å². The summed E-state index contributed by atoms with van der Waals surface area (Å²) in [5.74, 6) is -1.03. The van der Waals surface area contributed by atoms with Gasteiger partial charge in [0.1, 0.15) is 12.1 Å². The van der Waals surface area contributed by atoms with Crippen molar-refractivity contribution >= 4 is 35.3 Å². The molecule has 50 heavy (non-hydrogen) atoms. The van der Waals surface area contributed by atoms with Gasteiger partial charge in [-0.1, -0.05) is 96.1 Å². The highest BCUT2D eigenvalue weighted by atomic mass is 32.1. The Hall–Kier alpha value is -4.53. The fourth-order valence-corrected chi connectivity index (χ4v) is 5.83. The molecule has 1 aromatic heterocycles. The smallest absolute Gasteiger partial charge is 0.407 e. The molecule has 0 bridgehead atoms. The number of thiazole rings is 1. The largest absolute Gasteiger partial charge is 0.453 e. The molecule has 1 heterocycles. The fourth-order valence-electron chi connectivity index (χ4n) is 5.20. The summed E-state index contributed by atoms with van der Waals surface area (Å²) in [6.45, 7) is 10.9. The number of methoxy groups -OCH3 is 2. The van der Waals surface area contributed by atoms with Gasteiger partial charge in [0.25, 0.3) is 5.91 Å². The molecule has 2 aromatic carbocycles. The maximum atomic E-state index is 13.8. The van der Waals surface area contributed by atoms with Crippen LogP contribution in [0.15, 0.2) is 66.3 Å². The lowest BCUT2D eigenvalue weighted by Gasteiger charge is -2.35. The SMILES string of the molecule is COC(=O)N[C@H](C(=O)N[C@@H](Cc1ccccc1)[C@@H](O)CN(Cc1ccc(-c2cncs2)cc1)NC(=O)[C@@H](NC(=O)OC)C(C)(C)C)C(C)(C)C. The number of aromatic nitrogens is 1. The first-order valence-electron chi connectivity index (χ1n) is 16.3. The lowest BCUT2D eigenvalue weighted by molar-refractivity contribution is -0.132. The molecule has 13 nitrogen and oxygen atoms in total. The van der Waals surface area contributed by atoms with Gasteiger partial charge < -0.3 is 30.5 Å². The number of carbonyl (C=O) groups is 4. The van der Waals surface area contributed by atoms with E-state index in [9.17, 15) is 24.3 Å². The molecule has 0 aliphatic rings. The van der Waals surface area contributed by atoms with E-state index in [-0.39, 0.29) is 19.5 Å². The van der Waals surface area contributed by atoms with E-state index in [0.717, 1.165) is 21.6 Å². The molecule has 0 spiro atoms. The number of hydrogen-bond acceptors (Lipinski definition) is 10. The Labute approximate surface area is 298 Å². The Balaban J connectivity index is 1.94. The summed E-state index contributed by atoms with van der Waals surface area (Å²) >= 11 is 1.52. The number of aliphatic hydroxyl groups is 1. The number of hydrazine groups is 1. The van der Waals surface area contributed by atoms with Gasteiger partial charge >= 0.3 is 12.2 Å². The number of alkyl carbamates (subject to hydrolysis) is 2. The molecule has 0 radical (unpaired) electrons. The Morgan fingerprint density at radius 1 is 0.800 bits per heavy atom. The number of ether oxygens (including phenoxy) is 2. The third-order valence-electron chi connectivity index (χ3n) is 7.96. The zero-order chi connectivity index (χ0) is 37.1. The highest BCUT2D eigenvalue weighted by molar-refractivity contribution is 7.13. The minimum absolute atomic E-state index is 0.111. The molecule has 272 valence electrons. The third-order valence-corrected chi connectivity index (χ3v) is 8.78. The van der Waals surface area contributed by atoms with Crippen LogP contribution >= 0.6 is 11.3 Å². The van der Waals surface area contributed by atoms with E-state index in [4.69, 9.17) is 9.47 Å². The second-order valence-electron chi connectivity index (χ2n) is 14.2. The van der Waals surface area contributed by atoms with E-state index in [2.05, 4.69) is 26.4 Å². The molecule has 0 saturated heterocycles. The monoisotopic (exact) mass is 710 g/mol. The van der Waals surface area contributed by atoms with Crippen molar-refractivity contribution in [3.05, 3.63) is 77.4 Å². The molecule has 0 fully saturated rings. The van der Waals surface area contributed by atoms with Crippen molar-refractivity contribution in [3.63, 3.8) is 0 Å². The molecule has 0 aliphatic heterocycles. The minimum atomic E-state index is -1.21. The molecular formula is C36H50N6O7S. The quantitative estimate of drug-likeness (QED) is 0.153. The predicted molar refractivity (Wildman–Crippen MR) is 192 cm³/mol. The van der Waals surface area contributed by atoms with Crippen LogP contribution in [0.4, 0.5) is 9.59 Å². The molecule has 4 amide bonds. The van der Waals surface area contributed by atoms with Gasteiger partial charge in [0.2, 0.25) is 5.91 Å². The first-order chi connectivity index (χ1) is 23.5. The van der Waals surface area contributed by atoms with Crippen LogP contribution in [0.25, 0.3) is 10.4 Å². The van der Waals surface area contributed by atoms with E-state index in [1.165, 1.54) is 25.6 Å². The number of nitrogens with one attached hydrogen (secondary N) is 4. The van der Waals surface area contributed by atoms with E-state index < -0.39 is 59.1 Å². The number of amides is 4. The molecule has 3 aromatic rings. The minimum Gasteiger partial charge on any atom is -0.453 e. The highest BCUT2D eigenvalue weighted by Crippen LogP contribution is 2.25. The number of nitrogens with zero attached hydrogens (tertiary/aromatic N) is 2. The van der Waals surface area contributed by atoms with Crippen LogP contribution in [-0.4, -0.2) is 84.1 Å². The fraction of sp³-hybridized carbons (Fsp3) is 0.472. The lowest BCUT2D eigenvalue weighted by atomic mass is 9.85. The zero-order valence-electron chi connectivity index (χ0n) is 30.0. The standard InChI is InChI=1S/C36H50N6O7S/c1-35(2,3)29(39-33(46)48-7)31(44)38-26(18-23-12-10-9-11-13-23)27(43)21-42(41-32(45)30(36(4,5)6)40-34(47)49-8)20-24-14-16-25(17-15-24)28-19-37-22-50-28/h9-17,19,22,26-27,29-30,43H,18,20-21H2,1-8H3,(H,38,44)(H,39,46)(H,40,47)(H,41,45)/t26-,27-,29+,30+/m0/s1. The molecule has 14 heteroatoms. The van der Waals surface area contributed by atoms with Gasteiger partial charge in [-0.3, -0.25) is 20.0 Å². The first-order valence-corrected chi connectivity index (χ1v) is 17.1. The Kier molecular flexibility index (Phi) is 14.3. The first kappa shape index (κ1) is 39.9. The molecular weight excluding hydrogens is 660 g/mol. The summed E-state index contributed by atoms with van der Waals surface area (Å²) in [5.41, 5.74) is 5.94. The number of aliphatic hydroxyl groups excluding tert-OH is 1. The van der Waals surface area contributed by atoms with E-state index in [0.29, 0.717) is 0 Å². The summed E-state index contributed by atoms with van der Waals surface area (Å²) < 4.78 is 9.53. The second kappa shape index (κ2) is 17.9. The van der Waals surface area contributed by atoms with Gasteiger partial charge in [-0.2, -0.15) is 0 Å². The van der Waals surface area contributed by atoms with Crippen molar-refractivity contribution in [2.24, 2.45) is 10.8 Å². The van der Waals surface area contributed by atoms with Crippen molar-refractivity contribution in [1.82, 2.24) is 31.4 Å². The molecule has 0 aliphatic carbocycles. The summed E-state index contributed by atoms with van der Waals surface area (Å²) in [6, 6.07) is 14.3.